The average molecular weight is 333 g/mol. The zero-order valence-electron chi connectivity index (χ0n) is 14.4. The van der Waals surface area contributed by atoms with Crippen LogP contribution in [0.15, 0.2) is 6.20 Å². The van der Waals surface area contributed by atoms with Gasteiger partial charge in [0.05, 0.1) is 11.3 Å². The van der Waals surface area contributed by atoms with Gasteiger partial charge in [-0.3, -0.25) is 14.3 Å². The number of carbonyl (C=O) groups excluding carboxylic acids is 1. The van der Waals surface area contributed by atoms with Crippen LogP contribution in [0.2, 0.25) is 0 Å². The van der Waals surface area contributed by atoms with E-state index >= 15 is 0 Å². The van der Waals surface area contributed by atoms with Crippen molar-refractivity contribution in [2.75, 3.05) is 13.1 Å². The van der Waals surface area contributed by atoms with E-state index in [9.17, 15) is 9.59 Å². The zero-order valence-corrected chi connectivity index (χ0v) is 14.4. The Kier molecular flexibility index (Phi) is 5.21. The highest BCUT2D eigenvalue weighted by Crippen LogP contribution is 2.34. The normalized spacial score (nSPS) is 20.3. The molecule has 1 aliphatic carbocycles. The molecule has 24 heavy (non-hydrogen) atoms. The fourth-order valence-corrected chi connectivity index (χ4v) is 4.11. The Balaban J connectivity index is 1.68. The van der Waals surface area contributed by atoms with Gasteiger partial charge in [-0.05, 0) is 31.6 Å². The van der Waals surface area contributed by atoms with Crippen LogP contribution < -0.4 is 0 Å². The molecule has 0 atom stereocenters. The number of likely N-dealkylation sites (tertiary alicyclic amines) is 1. The summed E-state index contributed by atoms with van der Waals surface area (Å²) >= 11 is 0. The van der Waals surface area contributed by atoms with Gasteiger partial charge in [0.1, 0.15) is 0 Å². The molecule has 0 unspecified atom stereocenters. The third-order valence-corrected chi connectivity index (χ3v) is 5.44. The van der Waals surface area contributed by atoms with Gasteiger partial charge in [0, 0.05) is 38.7 Å². The maximum atomic E-state index is 13.0. The molecular formula is C18H27N3O3. The Hall–Kier alpha value is -1.85. The average Bonchev–Trinajstić information content (AvgIpc) is 2.97. The lowest BCUT2D eigenvalue weighted by atomic mass is 9.85. The predicted octanol–water partition coefficient (Wildman–Crippen LogP) is 2.79. The van der Waals surface area contributed by atoms with E-state index in [2.05, 4.69) is 5.10 Å². The third kappa shape index (κ3) is 3.79. The van der Waals surface area contributed by atoms with Crippen LogP contribution in [0.5, 0.6) is 0 Å². The van der Waals surface area contributed by atoms with Crippen molar-refractivity contribution in [2.45, 2.75) is 57.3 Å². The standard InChI is InChI=1S/C18H27N3O3/c1-20-12-15(17(19-20)14-5-3-2-4-6-14)18(24)21-9-7-13(8-10-21)11-16(22)23/h12-14H,2-11H2,1H3,(H,22,23). The molecule has 6 nitrogen and oxygen atoms in total. The molecule has 2 heterocycles. The molecule has 1 aromatic heterocycles. The van der Waals surface area contributed by atoms with Crippen LogP contribution in [0, 0.1) is 5.92 Å². The lowest BCUT2D eigenvalue weighted by Gasteiger charge is -2.31. The number of amides is 1. The minimum absolute atomic E-state index is 0.0671. The number of piperidine rings is 1. The maximum absolute atomic E-state index is 13.0. The van der Waals surface area contributed by atoms with Gasteiger partial charge in [0.25, 0.3) is 5.91 Å². The highest BCUT2D eigenvalue weighted by Gasteiger charge is 2.30. The van der Waals surface area contributed by atoms with Crippen molar-refractivity contribution in [1.82, 2.24) is 14.7 Å². The summed E-state index contributed by atoms with van der Waals surface area (Å²) in [4.78, 5) is 25.7. The van der Waals surface area contributed by atoms with Gasteiger partial charge in [-0.15, -0.1) is 0 Å². The summed E-state index contributed by atoms with van der Waals surface area (Å²) in [6.07, 6.45) is 9.58. The molecule has 1 amide bonds. The van der Waals surface area contributed by atoms with E-state index in [0.717, 1.165) is 36.9 Å². The molecule has 0 spiro atoms. The van der Waals surface area contributed by atoms with Crippen LogP contribution in [0.4, 0.5) is 0 Å². The van der Waals surface area contributed by atoms with E-state index in [1.807, 2.05) is 18.1 Å². The van der Waals surface area contributed by atoms with Crippen molar-refractivity contribution in [3.63, 3.8) is 0 Å². The van der Waals surface area contributed by atoms with Gasteiger partial charge in [-0.2, -0.15) is 5.10 Å². The van der Waals surface area contributed by atoms with Crippen molar-refractivity contribution in [3.05, 3.63) is 17.5 Å². The number of carboxylic acid groups (broad SMARTS) is 1. The molecule has 1 N–H and O–H groups in total. The maximum Gasteiger partial charge on any atom is 0.303 e. The third-order valence-electron chi connectivity index (χ3n) is 5.44. The Labute approximate surface area is 142 Å². The topological polar surface area (TPSA) is 75.4 Å². The summed E-state index contributed by atoms with van der Waals surface area (Å²) in [6, 6.07) is 0. The van der Waals surface area contributed by atoms with Crippen molar-refractivity contribution in [1.29, 1.82) is 0 Å². The molecule has 0 aromatic carbocycles. The second kappa shape index (κ2) is 7.36. The number of carbonyl (C=O) groups is 2. The quantitative estimate of drug-likeness (QED) is 0.919. The zero-order chi connectivity index (χ0) is 17.1. The van der Waals surface area contributed by atoms with Crippen LogP contribution in [-0.2, 0) is 11.8 Å². The van der Waals surface area contributed by atoms with E-state index in [0.29, 0.717) is 19.0 Å². The number of aryl methyl sites for hydroxylation is 1. The number of carboxylic acids is 1. The summed E-state index contributed by atoms with van der Waals surface area (Å²) < 4.78 is 1.76. The Morgan fingerprint density at radius 3 is 2.46 bits per heavy atom. The molecule has 1 saturated heterocycles. The first-order valence-corrected chi connectivity index (χ1v) is 9.09. The second-order valence-corrected chi connectivity index (χ2v) is 7.27. The summed E-state index contributed by atoms with van der Waals surface area (Å²) in [5.74, 6) is -0.0780. The monoisotopic (exact) mass is 333 g/mol. The van der Waals surface area contributed by atoms with Crippen LogP contribution in [-0.4, -0.2) is 44.8 Å². The van der Waals surface area contributed by atoms with Gasteiger partial charge in [0.2, 0.25) is 0 Å². The Morgan fingerprint density at radius 2 is 1.83 bits per heavy atom. The molecule has 132 valence electrons. The number of hydrogen-bond acceptors (Lipinski definition) is 3. The van der Waals surface area contributed by atoms with Crippen molar-refractivity contribution in [2.24, 2.45) is 13.0 Å². The lowest BCUT2D eigenvalue weighted by molar-refractivity contribution is -0.138. The van der Waals surface area contributed by atoms with E-state index in [4.69, 9.17) is 5.11 Å². The molecule has 1 aromatic rings. The lowest BCUT2D eigenvalue weighted by Crippen LogP contribution is -2.39. The first kappa shape index (κ1) is 17.0. The van der Waals surface area contributed by atoms with Crippen LogP contribution in [0.25, 0.3) is 0 Å². The van der Waals surface area contributed by atoms with E-state index in [1.54, 1.807) is 4.68 Å². The number of nitrogens with zero attached hydrogens (tertiary/aromatic N) is 3. The summed E-state index contributed by atoms with van der Waals surface area (Å²) in [7, 11) is 1.88. The van der Waals surface area contributed by atoms with Gasteiger partial charge in [-0.1, -0.05) is 19.3 Å². The van der Waals surface area contributed by atoms with E-state index in [1.165, 1.54) is 19.3 Å². The molecule has 0 bridgehead atoms. The summed E-state index contributed by atoms with van der Waals surface area (Å²) in [5.41, 5.74) is 1.72. The predicted molar refractivity (Wildman–Crippen MR) is 89.9 cm³/mol. The Bertz CT molecular complexity index is 597. The number of rotatable bonds is 4. The SMILES string of the molecule is Cn1cc(C(=O)N2CCC(CC(=O)O)CC2)c(C2CCCCC2)n1. The van der Waals surface area contributed by atoms with Crippen LogP contribution >= 0.6 is 0 Å². The molecule has 3 rings (SSSR count). The first-order valence-electron chi connectivity index (χ1n) is 9.09. The Morgan fingerprint density at radius 1 is 1.17 bits per heavy atom. The number of aromatic nitrogens is 2. The summed E-state index contributed by atoms with van der Waals surface area (Å²) in [5, 5.41) is 13.5. The molecule has 2 aliphatic rings. The number of aliphatic carboxylic acids is 1. The molecule has 2 fully saturated rings. The summed E-state index contributed by atoms with van der Waals surface area (Å²) in [6.45, 7) is 1.30. The highest BCUT2D eigenvalue weighted by molar-refractivity contribution is 5.95. The molecule has 0 radical (unpaired) electrons. The van der Waals surface area contributed by atoms with Crippen molar-refractivity contribution in [3.8, 4) is 0 Å². The van der Waals surface area contributed by atoms with Gasteiger partial charge in [0.15, 0.2) is 0 Å². The van der Waals surface area contributed by atoms with Gasteiger partial charge in [-0.25, -0.2) is 0 Å². The first-order chi connectivity index (χ1) is 11.5. The minimum atomic E-state index is -0.744. The molecule has 1 aliphatic heterocycles. The van der Waals surface area contributed by atoms with Gasteiger partial charge < -0.3 is 10.0 Å². The smallest absolute Gasteiger partial charge is 0.303 e. The molecular weight excluding hydrogens is 306 g/mol. The largest absolute Gasteiger partial charge is 0.481 e. The van der Waals surface area contributed by atoms with Crippen molar-refractivity contribution < 1.29 is 14.7 Å². The van der Waals surface area contributed by atoms with Gasteiger partial charge >= 0.3 is 5.97 Å². The number of hydrogen-bond donors (Lipinski definition) is 1. The highest BCUT2D eigenvalue weighted by atomic mass is 16.4. The fraction of sp³-hybridized carbons (Fsp3) is 0.722. The van der Waals surface area contributed by atoms with E-state index < -0.39 is 5.97 Å². The molecule has 6 heteroatoms. The van der Waals surface area contributed by atoms with Crippen LogP contribution in [0.3, 0.4) is 0 Å². The second-order valence-electron chi connectivity index (χ2n) is 7.27. The van der Waals surface area contributed by atoms with E-state index in [-0.39, 0.29) is 18.2 Å². The van der Waals surface area contributed by atoms with Crippen molar-refractivity contribution >= 4 is 11.9 Å². The van der Waals surface area contributed by atoms with Crippen LogP contribution in [0.1, 0.15) is 73.3 Å². The minimum Gasteiger partial charge on any atom is -0.481 e. The fourth-order valence-electron chi connectivity index (χ4n) is 4.11. The molecule has 1 saturated carbocycles.